The molecule has 1 aliphatic rings. The van der Waals surface area contributed by atoms with E-state index in [-0.39, 0.29) is 0 Å². The van der Waals surface area contributed by atoms with Crippen LogP contribution in [0.25, 0.3) is 0 Å². The summed E-state index contributed by atoms with van der Waals surface area (Å²) < 4.78 is 13.7. The number of carbonyl (C=O) groups is 1. The van der Waals surface area contributed by atoms with Gasteiger partial charge in [-0.1, -0.05) is 0 Å². The van der Waals surface area contributed by atoms with Crippen LogP contribution in [0.5, 0.6) is 0 Å². The Morgan fingerprint density at radius 1 is 1.29 bits per heavy atom. The molecule has 0 aromatic carbocycles. The van der Waals surface area contributed by atoms with Gasteiger partial charge in [0.25, 0.3) is 0 Å². The third kappa shape index (κ3) is 3.75. The van der Waals surface area contributed by atoms with Crippen LogP contribution in [0.2, 0.25) is 0 Å². The Balaban J connectivity index is 2.03. The first kappa shape index (κ1) is 18.8. The van der Waals surface area contributed by atoms with Gasteiger partial charge in [-0.2, -0.15) is 5.10 Å². The van der Waals surface area contributed by atoms with E-state index in [4.69, 9.17) is 9.31 Å². The van der Waals surface area contributed by atoms with Crippen LogP contribution in [-0.2, 0) is 15.9 Å². The smallest absolute Gasteiger partial charge is 0.465 e. The van der Waals surface area contributed by atoms with E-state index in [1.807, 2.05) is 54.7 Å². The lowest BCUT2D eigenvalue weighted by Crippen LogP contribution is -2.46. The SMILES string of the molecule is CC(C)(C)N(CCn1cc(B2OC(C)(C)C(C)(C)O2)cn1)C(=O)O. The highest BCUT2D eigenvalue weighted by atomic mass is 16.7. The van der Waals surface area contributed by atoms with E-state index in [2.05, 4.69) is 5.10 Å². The second kappa shape index (κ2) is 6.08. The van der Waals surface area contributed by atoms with Crippen molar-refractivity contribution in [2.24, 2.45) is 0 Å². The molecule has 2 heterocycles. The topological polar surface area (TPSA) is 76.8 Å². The molecule has 1 fully saturated rings. The van der Waals surface area contributed by atoms with Crippen LogP contribution in [-0.4, -0.2) is 56.3 Å². The first-order valence-corrected chi connectivity index (χ1v) is 8.22. The molecule has 0 unspecified atom stereocenters. The standard InChI is InChI=1S/C16H28BN3O4/c1-14(2,3)20(13(21)22)9-8-19-11-12(10-18-19)17-23-15(4,5)16(6,7)24-17/h10-11H,8-9H2,1-7H3,(H,21,22). The summed E-state index contributed by atoms with van der Waals surface area (Å²) in [5.41, 5.74) is -0.405. The molecule has 1 aromatic heterocycles. The lowest BCUT2D eigenvalue weighted by Gasteiger charge is -2.33. The zero-order valence-corrected chi connectivity index (χ0v) is 15.7. The van der Waals surface area contributed by atoms with Gasteiger partial charge < -0.3 is 19.3 Å². The summed E-state index contributed by atoms with van der Waals surface area (Å²) in [5.74, 6) is 0. The molecule has 1 N–H and O–H groups in total. The van der Waals surface area contributed by atoms with Crippen LogP contribution in [0.4, 0.5) is 4.79 Å². The first-order valence-electron chi connectivity index (χ1n) is 8.22. The van der Waals surface area contributed by atoms with E-state index < -0.39 is 30.0 Å². The third-order valence-corrected chi connectivity index (χ3v) is 4.77. The maximum Gasteiger partial charge on any atom is 0.498 e. The molecular weight excluding hydrogens is 309 g/mol. The Morgan fingerprint density at radius 2 is 1.83 bits per heavy atom. The summed E-state index contributed by atoms with van der Waals surface area (Å²) in [6, 6.07) is 0. The number of hydrogen-bond donors (Lipinski definition) is 1. The number of amides is 1. The van der Waals surface area contributed by atoms with E-state index in [0.717, 1.165) is 5.46 Å². The maximum atomic E-state index is 11.4. The normalized spacial score (nSPS) is 19.5. The fraction of sp³-hybridized carbons (Fsp3) is 0.750. The Bertz CT molecular complexity index is 591. The molecule has 8 heteroatoms. The number of rotatable bonds is 4. The predicted octanol–water partition coefficient (Wildman–Crippen LogP) is 1.96. The fourth-order valence-corrected chi connectivity index (χ4v) is 2.52. The van der Waals surface area contributed by atoms with Gasteiger partial charge in [0.1, 0.15) is 0 Å². The molecule has 0 radical (unpaired) electrons. The maximum absolute atomic E-state index is 11.4. The summed E-state index contributed by atoms with van der Waals surface area (Å²) >= 11 is 0. The van der Waals surface area contributed by atoms with Gasteiger partial charge in [-0.05, 0) is 48.5 Å². The quantitative estimate of drug-likeness (QED) is 0.850. The van der Waals surface area contributed by atoms with Crippen LogP contribution in [0.15, 0.2) is 12.4 Å². The Hall–Kier alpha value is -1.54. The van der Waals surface area contributed by atoms with Crippen molar-refractivity contribution in [1.82, 2.24) is 14.7 Å². The van der Waals surface area contributed by atoms with Gasteiger partial charge in [0.05, 0.1) is 17.7 Å². The van der Waals surface area contributed by atoms with E-state index in [1.54, 1.807) is 10.9 Å². The molecule has 7 nitrogen and oxygen atoms in total. The minimum absolute atomic E-state index is 0.364. The Kier molecular flexibility index (Phi) is 4.76. The van der Waals surface area contributed by atoms with Gasteiger partial charge in [-0.15, -0.1) is 0 Å². The van der Waals surface area contributed by atoms with Gasteiger partial charge >= 0.3 is 13.2 Å². The number of carboxylic acid groups (broad SMARTS) is 1. The zero-order chi connectivity index (χ0) is 18.3. The van der Waals surface area contributed by atoms with Crippen molar-refractivity contribution in [3.05, 3.63) is 12.4 Å². The Labute approximate surface area is 144 Å². The van der Waals surface area contributed by atoms with Crippen molar-refractivity contribution < 1.29 is 19.2 Å². The van der Waals surface area contributed by atoms with E-state index in [9.17, 15) is 9.90 Å². The summed E-state index contributed by atoms with van der Waals surface area (Å²) in [7, 11) is -0.457. The second-order valence-electron chi connectivity index (χ2n) is 8.23. The van der Waals surface area contributed by atoms with Crippen LogP contribution >= 0.6 is 0 Å². The second-order valence-corrected chi connectivity index (χ2v) is 8.23. The van der Waals surface area contributed by atoms with Gasteiger partial charge in [-0.3, -0.25) is 4.68 Å². The molecule has 0 aliphatic carbocycles. The average molecular weight is 337 g/mol. The summed E-state index contributed by atoms with van der Waals surface area (Å²) in [4.78, 5) is 12.8. The average Bonchev–Trinajstić information content (AvgIpc) is 2.91. The zero-order valence-electron chi connectivity index (χ0n) is 15.7. The van der Waals surface area contributed by atoms with E-state index >= 15 is 0 Å². The van der Waals surface area contributed by atoms with Crippen molar-refractivity contribution in [1.29, 1.82) is 0 Å². The molecule has 0 saturated carbocycles. The minimum atomic E-state index is -0.930. The van der Waals surface area contributed by atoms with E-state index in [1.165, 1.54) is 4.90 Å². The van der Waals surface area contributed by atoms with Gasteiger partial charge in [0, 0.05) is 29.9 Å². The van der Waals surface area contributed by atoms with Crippen molar-refractivity contribution in [2.75, 3.05) is 6.54 Å². The molecule has 2 rings (SSSR count). The van der Waals surface area contributed by atoms with Crippen LogP contribution in [0.1, 0.15) is 48.5 Å². The largest absolute Gasteiger partial charge is 0.498 e. The molecule has 1 amide bonds. The van der Waals surface area contributed by atoms with Crippen LogP contribution in [0, 0.1) is 0 Å². The molecule has 0 spiro atoms. The third-order valence-electron chi connectivity index (χ3n) is 4.77. The van der Waals surface area contributed by atoms with Gasteiger partial charge in [0.2, 0.25) is 0 Å². The highest BCUT2D eigenvalue weighted by molar-refractivity contribution is 6.61. The molecule has 1 aliphatic heterocycles. The van der Waals surface area contributed by atoms with Crippen molar-refractivity contribution in [3.8, 4) is 0 Å². The summed E-state index contributed by atoms with van der Waals surface area (Å²) in [5, 5.41) is 13.6. The first-order chi connectivity index (χ1) is 10.8. The van der Waals surface area contributed by atoms with Crippen molar-refractivity contribution in [2.45, 2.75) is 71.8 Å². The molecule has 1 aromatic rings. The minimum Gasteiger partial charge on any atom is -0.465 e. The highest BCUT2D eigenvalue weighted by Gasteiger charge is 2.52. The highest BCUT2D eigenvalue weighted by Crippen LogP contribution is 2.36. The number of aromatic nitrogens is 2. The lowest BCUT2D eigenvalue weighted by atomic mass is 9.82. The van der Waals surface area contributed by atoms with Gasteiger partial charge in [-0.25, -0.2) is 4.79 Å². The number of nitrogens with zero attached hydrogens (tertiary/aromatic N) is 3. The monoisotopic (exact) mass is 337 g/mol. The predicted molar refractivity (Wildman–Crippen MR) is 92.4 cm³/mol. The van der Waals surface area contributed by atoms with Crippen LogP contribution < -0.4 is 5.46 Å². The Morgan fingerprint density at radius 3 is 2.29 bits per heavy atom. The molecule has 134 valence electrons. The fourth-order valence-electron chi connectivity index (χ4n) is 2.52. The van der Waals surface area contributed by atoms with Crippen molar-refractivity contribution in [3.63, 3.8) is 0 Å². The molecular formula is C16H28BN3O4. The van der Waals surface area contributed by atoms with Crippen molar-refractivity contribution >= 4 is 18.7 Å². The number of hydrogen-bond acceptors (Lipinski definition) is 4. The lowest BCUT2D eigenvalue weighted by molar-refractivity contribution is 0.00578. The summed E-state index contributed by atoms with van der Waals surface area (Å²) in [6.45, 7) is 14.5. The molecule has 0 bridgehead atoms. The molecule has 24 heavy (non-hydrogen) atoms. The van der Waals surface area contributed by atoms with Crippen LogP contribution in [0.3, 0.4) is 0 Å². The van der Waals surface area contributed by atoms with Gasteiger partial charge in [0.15, 0.2) is 0 Å². The summed E-state index contributed by atoms with van der Waals surface area (Å²) in [6.07, 6.45) is 2.63. The molecule has 0 atom stereocenters. The van der Waals surface area contributed by atoms with E-state index in [0.29, 0.717) is 13.1 Å². The molecule has 1 saturated heterocycles.